The van der Waals surface area contributed by atoms with Crippen molar-refractivity contribution in [1.29, 1.82) is 0 Å². The normalized spacial score (nSPS) is 15.3. The van der Waals surface area contributed by atoms with E-state index in [4.69, 9.17) is 0 Å². The molecule has 2 aromatic carbocycles. The number of nitrogens with zero attached hydrogens (tertiary/aromatic N) is 2. The van der Waals surface area contributed by atoms with Gasteiger partial charge in [-0.25, -0.2) is 4.79 Å². The van der Waals surface area contributed by atoms with Crippen LogP contribution in [0.3, 0.4) is 0 Å². The number of carbonyl (C=O) groups excluding carboxylic acids is 1. The van der Waals surface area contributed by atoms with Crippen molar-refractivity contribution >= 4 is 22.6 Å². The molecule has 0 atom stereocenters. The van der Waals surface area contributed by atoms with Gasteiger partial charge in [0.15, 0.2) is 0 Å². The van der Waals surface area contributed by atoms with Gasteiger partial charge in [0.05, 0.1) is 11.2 Å². The topological polar surface area (TPSA) is 57.3 Å². The Morgan fingerprint density at radius 3 is 2.66 bits per heavy atom. The predicted octanol–water partition coefficient (Wildman–Crippen LogP) is 4.54. The van der Waals surface area contributed by atoms with Crippen molar-refractivity contribution in [2.45, 2.75) is 25.7 Å². The summed E-state index contributed by atoms with van der Waals surface area (Å²) in [5, 5.41) is 6.88. The second kappa shape index (κ2) is 9.05. The number of carbonyl (C=O) groups is 1. The highest BCUT2D eigenvalue weighted by molar-refractivity contribution is 6.00. The lowest BCUT2D eigenvalue weighted by Gasteiger charge is -2.32. The molecule has 5 nitrogen and oxygen atoms in total. The molecule has 2 amide bonds. The standard InChI is InChI=1S/C24H28N4O/c1-18-6-2-3-7-20(18)19-11-15-28(16-12-19)17-14-26-24(29)27-23-10-13-25-22-9-5-4-8-21(22)23/h2-10,13,19H,11-12,14-17H2,1H3,(H2,25,26,27,29). The minimum absolute atomic E-state index is 0.170. The molecule has 0 spiro atoms. The average molecular weight is 389 g/mol. The van der Waals surface area contributed by atoms with Crippen LogP contribution < -0.4 is 10.6 Å². The quantitative estimate of drug-likeness (QED) is 0.674. The summed E-state index contributed by atoms with van der Waals surface area (Å²) in [6.45, 7) is 5.89. The van der Waals surface area contributed by atoms with Crippen LogP contribution in [0.1, 0.15) is 29.9 Å². The number of rotatable bonds is 5. The number of pyridine rings is 1. The van der Waals surface area contributed by atoms with E-state index in [0.717, 1.165) is 36.2 Å². The molecule has 5 heteroatoms. The number of amides is 2. The van der Waals surface area contributed by atoms with Crippen LogP contribution in [0.25, 0.3) is 10.9 Å². The molecule has 29 heavy (non-hydrogen) atoms. The van der Waals surface area contributed by atoms with Crippen LogP contribution in [0, 0.1) is 6.92 Å². The number of hydrogen-bond donors (Lipinski definition) is 2. The number of anilines is 1. The third kappa shape index (κ3) is 4.74. The molecule has 0 aliphatic carbocycles. The fraction of sp³-hybridized carbons (Fsp3) is 0.333. The zero-order valence-electron chi connectivity index (χ0n) is 16.9. The molecule has 1 aliphatic rings. The van der Waals surface area contributed by atoms with Gasteiger partial charge in [-0.2, -0.15) is 0 Å². The Bertz CT molecular complexity index is 974. The third-order valence-corrected chi connectivity index (χ3v) is 5.83. The zero-order chi connectivity index (χ0) is 20.1. The van der Waals surface area contributed by atoms with Crippen molar-refractivity contribution in [3.8, 4) is 0 Å². The summed E-state index contributed by atoms with van der Waals surface area (Å²) >= 11 is 0. The number of benzene rings is 2. The van der Waals surface area contributed by atoms with Crippen molar-refractivity contribution in [2.24, 2.45) is 0 Å². The molecular weight excluding hydrogens is 360 g/mol. The maximum absolute atomic E-state index is 12.3. The first-order valence-corrected chi connectivity index (χ1v) is 10.4. The monoisotopic (exact) mass is 388 g/mol. The number of piperidine rings is 1. The highest BCUT2D eigenvalue weighted by atomic mass is 16.2. The van der Waals surface area contributed by atoms with Gasteiger partial charge in [0.25, 0.3) is 0 Å². The first-order valence-electron chi connectivity index (χ1n) is 10.4. The number of nitrogens with one attached hydrogen (secondary N) is 2. The Morgan fingerprint density at radius 2 is 1.83 bits per heavy atom. The van der Waals surface area contributed by atoms with Crippen LogP contribution in [-0.4, -0.2) is 42.1 Å². The second-order valence-electron chi connectivity index (χ2n) is 7.73. The molecule has 1 aromatic heterocycles. The minimum Gasteiger partial charge on any atom is -0.337 e. The zero-order valence-corrected chi connectivity index (χ0v) is 16.9. The summed E-state index contributed by atoms with van der Waals surface area (Å²) in [6.07, 6.45) is 4.08. The van der Waals surface area contributed by atoms with Gasteiger partial charge in [0.2, 0.25) is 0 Å². The average Bonchev–Trinajstić information content (AvgIpc) is 2.75. The summed E-state index contributed by atoms with van der Waals surface area (Å²) in [5.41, 5.74) is 4.55. The molecule has 0 saturated carbocycles. The highest BCUT2D eigenvalue weighted by Gasteiger charge is 2.21. The minimum atomic E-state index is -0.170. The summed E-state index contributed by atoms with van der Waals surface area (Å²) in [6, 6.07) is 18.2. The maximum Gasteiger partial charge on any atom is 0.319 e. The largest absolute Gasteiger partial charge is 0.337 e. The van der Waals surface area contributed by atoms with E-state index in [2.05, 4.69) is 51.7 Å². The third-order valence-electron chi connectivity index (χ3n) is 5.83. The lowest BCUT2D eigenvalue weighted by Crippen LogP contribution is -2.40. The van der Waals surface area contributed by atoms with Gasteiger partial charge >= 0.3 is 6.03 Å². The van der Waals surface area contributed by atoms with E-state index in [-0.39, 0.29) is 6.03 Å². The first-order chi connectivity index (χ1) is 14.2. The van der Waals surface area contributed by atoms with E-state index < -0.39 is 0 Å². The highest BCUT2D eigenvalue weighted by Crippen LogP contribution is 2.29. The van der Waals surface area contributed by atoms with Gasteiger partial charge in [-0.1, -0.05) is 42.5 Å². The number of para-hydroxylation sites is 1. The lowest BCUT2D eigenvalue weighted by molar-refractivity contribution is 0.211. The molecule has 0 unspecified atom stereocenters. The maximum atomic E-state index is 12.3. The molecular formula is C24H28N4O. The number of hydrogen-bond acceptors (Lipinski definition) is 3. The molecule has 0 bridgehead atoms. The fourth-order valence-corrected chi connectivity index (χ4v) is 4.21. The van der Waals surface area contributed by atoms with Crippen LogP contribution in [0.15, 0.2) is 60.8 Å². The SMILES string of the molecule is Cc1ccccc1C1CCN(CCNC(=O)Nc2ccnc3ccccc23)CC1. The van der Waals surface area contributed by atoms with Crippen molar-refractivity contribution in [2.75, 3.05) is 31.5 Å². The van der Waals surface area contributed by atoms with Crippen molar-refractivity contribution in [3.05, 3.63) is 71.9 Å². The van der Waals surface area contributed by atoms with Crippen molar-refractivity contribution < 1.29 is 4.79 Å². The molecule has 2 N–H and O–H groups in total. The molecule has 1 aliphatic heterocycles. The van der Waals surface area contributed by atoms with Crippen LogP contribution in [-0.2, 0) is 0 Å². The first kappa shape index (κ1) is 19.4. The van der Waals surface area contributed by atoms with E-state index in [0.29, 0.717) is 12.5 Å². The molecule has 3 aromatic rings. The number of fused-ring (bicyclic) bond motifs is 1. The predicted molar refractivity (Wildman–Crippen MR) is 118 cm³/mol. The summed E-state index contributed by atoms with van der Waals surface area (Å²) in [7, 11) is 0. The Balaban J connectivity index is 1.23. The fourth-order valence-electron chi connectivity index (χ4n) is 4.21. The van der Waals surface area contributed by atoms with Crippen molar-refractivity contribution in [3.63, 3.8) is 0 Å². The van der Waals surface area contributed by atoms with Crippen LogP contribution in [0.2, 0.25) is 0 Å². The van der Waals surface area contributed by atoms with Gasteiger partial charge in [0.1, 0.15) is 0 Å². The number of likely N-dealkylation sites (tertiary alicyclic amines) is 1. The Kier molecular flexibility index (Phi) is 6.06. The molecule has 150 valence electrons. The number of aromatic nitrogens is 1. The summed E-state index contributed by atoms with van der Waals surface area (Å²) in [5.74, 6) is 0.656. The molecule has 2 heterocycles. The lowest BCUT2D eigenvalue weighted by atomic mass is 9.87. The van der Waals surface area contributed by atoms with Gasteiger partial charge in [-0.3, -0.25) is 4.98 Å². The van der Waals surface area contributed by atoms with E-state index >= 15 is 0 Å². The van der Waals surface area contributed by atoms with E-state index in [1.807, 2.05) is 30.3 Å². The summed E-state index contributed by atoms with van der Waals surface area (Å²) in [4.78, 5) is 19.1. The Labute approximate surface area is 172 Å². The molecule has 1 saturated heterocycles. The van der Waals surface area contributed by atoms with Crippen molar-refractivity contribution in [1.82, 2.24) is 15.2 Å². The summed E-state index contributed by atoms with van der Waals surface area (Å²) < 4.78 is 0. The second-order valence-corrected chi connectivity index (χ2v) is 7.73. The Hall–Kier alpha value is -2.92. The number of urea groups is 1. The molecule has 4 rings (SSSR count). The van der Waals surface area contributed by atoms with Crippen LogP contribution >= 0.6 is 0 Å². The van der Waals surface area contributed by atoms with E-state index in [9.17, 15) is 4.79 Å². The van der Waals surface area contributed by atoms with Gasteiger partial charge in [-0.15, -0.1) is 0 Å². The van der Waals surface area contributed by atoms with Gasteiger partial charge in [-0.05, 0) is 62.0 Å². The van der Waals surface area contributed by atoms with Crippen LogP contribution in [0.5, 0.6) is 0 Å². The smallest absolute Gasteiger partial charge is 0.319 e. The Morgan fingerprint density at radius 1 is 1.07 bits per heavy atom. The molecule has 1 fully saturated rings. The molecule has 0 radical (unpaired) electrons. The van der Waals surface area contributed by atoms with E-state index in [1.54, 1.807) is 6.20 Å². The number of aryl methyl sites for hydroxylation is 1. The van der Waals surface area contributed by atoms with Crippen LogP contribution in [0.4, 0.5) is 10.5 Å². The van der Waals surface area contributed by atoms with Gasteiger partial charge in [0, 0.05) is 24.7 Å². The van der Waals surface area contributed by atoms with Gasteiger partial charge < -0.3 is 15.5 Å². The van der Waals surface area contributed by atoms with E-state index in [1.165, 1.54) is 24.0 Å².